The summed E-state index contributed by atoms with van der Waals surface area (Å²) in [4.78, 5) is 22.4. The molecule has 2 nitrogen and oxygen atoms in total. The van der Waals surface area contributed by atoms with Gasteiger partial charge in [0.15, 0.2) is 5.78 Å². The van der Waals surface area contributed by atoms with E-state index in [4.69, 9.17) is 0 Å². The fourth-order valence-electron chi connectivity index (χ4n) is 1.11. The molecule has 0 heterocycles. The lowest BCUT2D eigenvalue weighted by Crippen LogP contribution is -2.07. The minimum Gasteiger partial charge on any atom is -0.294 e. The summed E-state index contributed by atoms with van der Waals surface area (Å²) >= 11 is 3.69. The summed E-state index contributed by atoms with van der Waals surface area (Å²) in [6.07, 6.45) is 0. The van der Waals surface area contributed by atoms with Gasteiger partial charge >= 0.3 is 0 Å². The van der Waals surface area contributed by atoms with Crippen LogP contribution in [-0.4, -0.2) is 10.9 Å². The van der Waals surface area contributed by atoms with E-state index in [0.717, 1.165) is 0 Å². The Morgan fingerprint density at radius 3 is 1.86 bits per heavy atom. The second-order valence-electron chi connectivity index (χ2n) is 3.40. The summed E-state index contributed by atoms with van der Waals surface area (Å²) in [5.74, 6) is 0.0655. The standard InChI is InChI=1S/C11H12O2S/c1-7(2)10(12)8-3-5-9(6-4-8)11(13)14/h3-7H,1-2H3,(H,13,14). The number of thiol groups is 1. The van der Waals surface area contributed by atoms with Crippen LogP contribution < -0.4 is 0 Å². The van der Waals surface area contributed by atoms with Crippen LogP contribution in [0.5, 0.6) is 0 Å². The van der Waals surface area contributed by atoms with Crippen molar-refractivity contribution in [2.24, 2.45) is 5.92 Å². The predicted octanol–water partition coefficient (Wildman–Crippen LogP) is 2.60. The number of hydrogen-bond donors (Lipinski definition) is 1. The first-order valence-corrected chi connectivity index (χ1v) is 4.84. The van der Waals surface area contributed by atoms with Crippen LogP contribution in [-0.2, 0) is 0 Å². The SMILES string of the molecule is CC(C)C(=O)c1ccc(C(=O)S)cc1. The number of carbonyl (C=O) groups is 2. The Labute approximate surface area is 88.7 Å². The maximum absolute atomic E-state index is 11.5. The maximum atomic E-state index is 11.5. The van der Waals surface area contributed by atoms with E-state index in [1.807, 2.05) is 13.8 Å². The van der Waals surface area contributed by atoms with Crippen LogP contribution in [0.4, 0.5) is 0 Å². The van der Waals surface area contributed by atoms with Gasteiger partial charge in [0.25, 0.3) is 0 Å². The van der Waals surface area contributed by atoms with E-state index in [1.165, 1.54) is 0 Å². The van der Waals surface area contributed by atoms with Gasteiger partial charge < -0.3 is 0 Å². The van der Waals surface area contributed by atoms with Crippen molar-refractivity contribution in [3.05, 3.63) is 35.4 Å². The lowest BCUT2D eigenvalue weighted by atomic mass is 10.0. The largest absolute Gasteiger partial charge is 0.294 e. The second-order valence-corrected chi connectivity index (χ2v) is 3.81. The van der Waals surface area contributed by atoms with Gasteiger partial charge in [0, 0.05) is 17.0 Å². The van der Waals surface area contributed by atoms with Crippen molar-refractivity contribution in [3.63, 3.8) is 0 Å². The van der Waals surface area contributed by atoms with E-state index >= 15 is 0 Å². The highest BCUT2D eigenvalue weighted by molar-refractivity contribution is 7.97. The van der Waals surface area contributed by atoms with E-state index in [0.29, 0.717) is 11.1 Å². The number of benzene rings is 1. The Balaban J connectivity index is 2.94. The normalized spacial score (nSPS) is 10.3. The van der Waals surface area contributed by atoms with Gasteiger partial charge in [-0.2, -0.15) is 0 Å². The number of carbonyl (C=O) groups excluding carboxylic acids is 2. The van der Waals surface area contributed by atoms with Crippen molar-refractivity contribution in [1.82, 2.24) is 0 Å². The van der Waals surface area contributed by atoms with Crippen molar-refractivity contribution >= 4 is 23.5 Å². The molecule has 0 fully saturated rings. The minimum absolute atomic E-state index is 0.0208. The molecule has 1 aromatic rings. The van der Waals surface area contributed by atoms with Crippen LogP contribution in [0.3, 0.4) is 0 Å². The second kappa shape index (κ2) is 4.42. The molecule has 0 aliphatic rings. The maximum Gasteiger partial charge on any atom is 0.216 e. The van der Waals surface area contributed by atoms with Gasteiger partial charge in [-0.25, -0.2) is 0 Å². The van der Waals surface area contributed by atoms with Gasteiger partial charge in [0.05, 0.1) is 0 Å². The molecule has 0 spiro atoms. The monoisotopic (exact) mass is 208 g/mol. The summed E-state index contributed by atoms with van der Waals surface area (Å²) in [6, 6.07) is 6.55. The van der Waals surface area contributed by atoms with Crippen LogP contribution in [0.2, 0.25) is 0 Å². The molecule has 0 atom stereocenters. The van der Waals surface area contributed by atoms with Crippen LogP contribution in [0, 0.1) is 5.92 Å². The Kier molecular flexibility index (Phi) is 3.47. The third-order valence-corrected chi connectivity index (χ3v) is 2.20. The van der Waals surface area contributed by atoms with E-state index in [-0.39, 0.29) is 16.8 Å². The Morgan fingerprint density at radius 2 is 1.50 bits per heavy atom. The molecule has 1 rings (SSSR count). The molecule has 3 heteroatoms. The molecular weight excluding hydrogens is 196 g/mol. The zero-order valence-corrected chi connectivity index (χ0v) is 9.04. The summed E-state index contributed by atoms with van der Waals surface area (Å²) in [5.41, 5.74) is 1.15. The molecule has 14 heavy (non-hydrogen) atoms. The van der Waals surface area contributed by atoms with E-state index in [1.54, 1.807) is 24.3 Å². The zero-order valence-electron chi connectivity index (χ0n) is 8.15. The number of hydrogen-bond acceptors (Lipinski definition) is 2. The smallest absolute Gasteiger partial charge is 0.216 e. The zero-order chi connectivity index (χ0) is 10.7. The summed E-state index contributed by atoms with van der Waals surface area (Å²) in [6.45, 7) is 3.69. The third-order valence-electron chi connectivity index (χ3n) is 1.94. The number of rotatable bonds is 3. The molecule has 0 aliphatic heterocycles. The van der Waals surface area contributed by atoms with Crippen molar-refractivity contribution in [2.45, 2.75) is 13.8 Å². The highest BCUT2D eigenvalue weighted by atomic mass is 32.1. The van der Waals surface area contributed by atoms with Crippen molar-refractivity contribution in [1.29, 1.82) is 0 Å². The molecule has 1 aromatic carbocycles. The Morgan fingerprint density at radius 1 is 1.07 bits per heavy atom. The van der Waals surface area contributed by atoms with Crippen LogP contribution >= 0.6 is 12.6 Å². The molecule has 0 saturated heterocycles. The van der Waals surface area contributed by atoms with Gasteiger partial charge in [0.2, 0.25) is 5.12 Å². The molecular formula is C11H12O2S. The highest BCUT2D eigenvalue weighted by Gasteiger charge is 2.10. The first-order chi connectivity index (χ1) is 6.52. The van der Waals surface area contributed by atoms with Gasteiger partial charge in [0.1, 0.15) is 0 Å². The quantitative estimate of drug-likeness (QED) is 0.612. The lowest BCUT2D eigenvalue weighted by Gasteiger charge is -2.03. The van der Waals surface area contributed by atoms with Gasteiger partial charge in [-0.3, -0.25) is 9.59 Å². The molecule has 0 bridgehead atoms. The highest BCUT2D eigenvalue weighted by Crippen LogP contribution is 2.11. The minimum atomic E-state index is -0.284. The first kappa shape index (κ1) is 11.0. The van der Waals surface area contributed by atoms with E-state index in [2.05, 4.69) is 12.6 Å². The Bertz CT molecular complexity index is 352. The van der Waals surface area contributed by atoms with Gasteiger partial charge in [-0.1, -0.05) is 26.0 Å². The molecule has 0 amide bonds. The fourth-order valence-corrected chi connectivity index (χ4v) is 1.26. The predicted molar refractivity (Wildman–Crippen MR) is 58.9 cm³/mol. The number of Topliss-reactive ketones (excluding diaryl/α,β-unsaturated/α-hetero) is 1. The van der Waals surface area contributed by atoms with Crippen LogP contribution in [0.1, 0.15) is 34.6 Å². The molecule has 0 radical (unpaired) electrons. The fraction of sp³-hybridized carbons (Fsp3) is 0.273. The van der Waals surface area contributed by atoms with Crippen LogP contribution in [0.25, 0.3) is 0 Å². The molecule has 0 unspecified atom stereocenters. The topological polar surface area (TPSA) is 34.1 Å². The van der Waals surface area contributed by atoms with Crippen molar-refractivity contribution < 1.29 is 9.59 Å². The molecule has 74 valence electrons. The average molecular weight is 208 g/mol. The third kappa shape index (κ3) is 2.45. The molecule has 0 aliphatic carbocycles. The summed E-state index contributed by atoms with van der Waals surface area (Å²) < 4.78 is 0. The van der Waals surface area contributed by atoms with Crippen molar-refractivity contribution in [2.75, 3.05) is 0 Å². The van der Waals surface area contributed by atoms with Gasteiger partial charge in [-0.05, 0) is 12.1 Å². The average Bonchev–Trinajstić information content (AvgIpc) is 2.16. The molecule has 0 aromatic heterocycles. The molecule has 0 saturated carbocycles. The van der Waals surface area contributed by atoms with Crippen LogP contribution in [0.15, 0.2) is 24.3 Å². The summed E-state index contributed by atoms with van der Waals surface area (Å²) in [5, 5.41) is -0.284. The van der Waals surface area contributed by atoms with E-state index < -0.39 is 0 Å². The lowest BCUT2D eigenvalue weighted by molar-refractivity contribution is 0.0938. The van der Waals surface area contributed by atoms with Gasteiger partial charge in [-0.15, -0.1) is 12.6 Å². The Hall–Kier alpha value is -1.09. The van der Waals surface area contributed by atoms with Crippen molar-refractivity contribution in [3.8, 4) is 0 Å². The first-order valence-electron chi connectivity index (χ1n) is 4.40. The molecule has 0 N–H and O–H groups in total. The summed E-state index contributed by atoms with van der Waals surface area (Å²) in [7, 11) is 0. The van der Waals surface area contributed by atoms with E-state index in [9.17, 15) is 9.59 Å². The number of ketones is 1.